The van der Waals surface area contributed by atoms with Gasteiger partial charge < -0.3 is 9.64 Å². The molecule has 1 aromatic heterocycles. The zero-order chi connectivity index (χ0) is 15.2. The number of amides is 1. The lowest BCUT2D eigenvalue weighted by atomic mass is 9.85. The number of hydrogen-bond acceptors (Lipinski definition) is 5. The summed E-state index contributed by atoms with van der Waals surface area (Å²) in [5.74, 6) is -0.0996. The van der Waals surface area contributed by atoms with Crippen LogP contribution in [0.3, 0.4) is 0 Å². The second-order valence-electron chi connectivity index (χ2n) is 5.22. The van der Waals surface area contributed by atoms with Crippen LogP contribution in [0.25, 0.3) is 0 Å². The summed E-state index contributed by atoms with van der Waals surface area (Å²) in [7, 11) is 0. The molecule has 2 rings (SSSR count). The van der Waals surface area contributed by atoms with Crippen molar-refractivity contribution in [1.29, 1.82) is 0 Å². The summed E-state index contributed by atoms with van der Waals surface area (Å²) in [6.07, 6.45) is 3.30. The van der Waals surface area contributed by atoms with Crippen LogP contribution in [-0.4, -0.2) is 41.0 Å². The van der Waals surface area contributed by atoms with E-state index in [1.807, 2.05) is 18.7 Å². The fourth-order valence-corrected chi connectivity index (χ4v) is 3.44. The van der Waals surface area contributed by atoms with Gasteiger partial charge in [0.1, 0.15) is 5.69 Å². The highest BCUT2D eigenvalue weighted by Crippen LogP contribution is 2.29. The maximum atomic E-state index is 12.4. The quantitative estimate of drug-likeness (QED) is 0.785. The van der Waals surface area contributed by atoms with Crippen molar-refractivity contribution in [3.05, 3.63) is 16.6 Å². The Labute approximate surface area is 129 Å². The minimum absolute atomic E-state index is 0.00154. The first-order valence-electron chi connectivity index (χ1n) is 7.53. The van der Waals surface area contributed by atoms with Gasteiger partial charge in [-0.1, -0.05) is 0 Å². The summed E-state index contributed by atoms with van der Waals surface area (Å²) in [4.78, 5) is 30.2. The molecule has 1 fully saturated rings. The summed E-state index contributed by atoms with van der Waals surface area (Å²) >= 11 is 1.43. The highest BCUT2D eigenvalue weighted by atomic mass is 32.1. The molecule has 5 nitrogen and oxygen atoms in total. The molecule has 0 saturated heterocycles. The van der Waals surface area contributed by atoms with Gasteiger partial charge >= 0.3 is 5.97 Å². The zero-order valence-electron chi connectivity index (χ0n) is 12.6. The molecule has 1 amide bonds. The average molecular weight is 310 g/mol. The van der Waals surface area contributed by atoms with E-state index < -0.39 is 0 Å². The number of ether oxygens (including phenoxy) is 1. The van der Waals surface area contributed by atoms with Crippen LogP contribution in [0.2, 0.25) is 0 Å². The normalized spacial score (nSPS) is 21.8. The van der Waals surface area contributed by atoms with Crippen LogP contribution in [0.1, 0.15) is 50.0 Å². The van der Waals surface area contributed by atoms with E-state index in [2.05, 4.69) is 4.98 Å². The summed E-state index contributed by atoms with van der Waals surface area (Å²) in [5, 5.41) is 1.79. The number of thiazole rings is 1. The van der Waals surface area contributed by atoms with Crippen LogP contribution in [0, 0.1) is 5.92 Å². The van der Waals surface area contributed by atoms with Gasteiger partial charge in [-0.05, 0) is 39.5 Å². The van der Waals surface area contributed by atoms with E-state index in [4.69, 9.17) is 4.74 Å². The van der Waals surface area contributed by atoms with Gasteiger partial charge in [-0.15, -0.1) is 11.3 Å². The maximum absolute atomic E-state index is 12.4. The maximum Gasteiger partial charge on any atom is 0.308 e. The molecular weight excluding hydrogens is 288 g/mol. The van der Waals surface area contributed by atoms with Crippen molar-refractivity contribution in [3.63, 3.8) is 0 Å². The van der Waals surface area contributed by atoms with E-state index in [0.29, 0.717) is 18.8 Å². The van der Waals surface area contributed by atoms with Crippen LogP contribution >= 0.6 is 11.3 Å². The Balaban J connectivity index is 1.93. The third-order valence-corrected chi connectivity index (χ3v) is 4.60. The van der Waals surface area contributed by atoms with E-state index in [-0.39, 0.29) is 23.8 Å². The van der Waals surface area contributed by atoms with E-state index in [1.165, 1.54) is 11.3 Å². The second kappa shape index (κ2) is 7.54. The van der Waals surface area contributed by atoms with Crippen molar-refractivity contribution in [2.75, 3.05) is 13.2 Å². The number of esters is 1. The summed E-state index contributed by atoms with van der Waals surface area (Å²) in [6, 6.07) is 0.204. The summed E-state index contributed by atoms with van der Waals surface area (Å²) in [6.45, 7) is 4.92. The molecule has 0 radical (unpaired) electrons. The lowest BCUT2D eigenvalue weighted by Crippen LogP contribution is -2.43. The SMILES string of the molecule is CCOC(=O)C1CCC(N(CC)C(=O)c2cscn2)CC1. The molecule has 0 aromatic carbocycles. The predicted octanol–water partition coefficient (Wildman–Crippen LogP) is 2.73. The van der Waals surface area contributed by atoms with Gasteiger partial charge in [-0.25, -0.2) is 4.98 Å². The number of carbonyl (C=O) groups excluding carboxylic acids is 2. The van der Waals surface area contributed by atoms with Crippen molar-refractivity contribution >= 4 is 23.2 Å². The van der Waals surface area contributed by atoms with Gasteiger partial charge in [0.15, 0.2) is 0 Å². The molecule has 1 aliphatic carbocycles. The Bertz CT molecular complexity index is 467. The van der Waals surface area contributed by atoms with E-state index in [1.54, 1.807) is 10.9 Å². The Morgan fingerprint density at radius 1 is 1.33 bits per heavy atom. The molecule has 1 heterocycles. The molecular formula is C15H22N2O3S. The molecule has 0 bridgehead atoms. The standard InChI is InChI=1S/C15H22N2O3S/c1-3-17(14(18)13-9-21-10-16-13)12-7-5-11(6-8-12)15(19)20-4-2/h9-12H,3-8H2,1-2H3. The molecule has 116 valence electrons. The van der Waals surface area contributed by atoms with Crippen molar-refractivity contribution in [3.8, 4) is 0 Å². The molecule has 0 spiro atoms. The number of nitrogens with zero attached hydrogens (tertiary/aromatic N) is 2. The molecule has 1 saturated carbocycles. The van der Waals surface area contributed by atoms with E-state index in [0.717, 1.165) is 25.7 Å². The first kappa shape index (κ1) is 15.9. The van der Waals surface area contributed by atoms with Gasteiger partial charge in [0.2, 0.25) is 0 Å². The Morgan fingerprint density at radius 2 is 2.05 bits per heavy atom. The van der Waals surface area contributed by atoms with Crippen LogP contribution in [-0.2, 0) is 9.53 Å². The van der Waals surface area contributed by atoms with Gasteiger partial charge in [0, 0.05) is 18.0 Å². The van der Waals surface area contributed by atoms with Crippen LogP contribution in [0.4, 0.5) is 0 Å². The third-order valence-electron chi connectivity index (χ3n) is 4.01. The van der Waals surface area contributed by atoms with Gasteiger partial charge in [0.05, 0.1) is 18.0 Å². The molecule has 0 unspecified atom stereocenters. The van der Waals surface area contributed by atoms with Gasteiger partial charge in [-0.2, -0.15) is 0 Å². The third kappa shape index (κ3) is 3.81. The molecule has 21 heavy (non-hydrogen) atoms. The van der Waals surface area contributed by atoms with Gasteiger partial charge in [-0.3, -0.25) is 9.59 Å². The molecule has 6 heteroatoms. The fourth-order valence-electron chi connectivity index (χ4n) is 2.92. The lowest BCUT2D eigenvalue weighted by Gasteiger charge is -2.35. The zero-order valence-corrected chi connectivity index (χ0v) is 13.4. The Hall–Kier alpha value is -1.43. The van der Waals surface area contributed by atoms with Crippen LogP contribution < -0.4 is 0 Å². The minimum Gasteiger partial charge on any atom is -0.466 e. The number of rotatable bonds is 5. The fraction of sp³-hybridized carbons (Fsp3) is 0.667. The van der Waals surface area contributed by atoms with Crippen molar-refractivity contribution in [1.82, 2.24) is 9.88 Å². The minimum atomic E-state index is -0.0928. The molecule has 0 aliphatic heterocycles. The van der Waals surface area contributed by atoms with Crippen molar-refractivity contribution in [2.24, 2.45) is 5.92 Å². The average Bonchev–Trinajstić information content (AvgIpc) is 3.03. The molecule has 1 aliphatic rings. The van der Waals surface area contributed by atoms with Gasteiger partial charge in [0.25, 0.3) is 5.91 Å². The number of aromatic nitrogens is 1. The van der Waals surface area contributed by atoms with E-state index in [9.17, 15) is 9.59 Å². The Morgan fingerprint density at radius 3 is 2.57 bits per heavy atom. The first-order valence-corrected chi connectivity index (χ1v) is 8.47. The lowest BCUT2D eigenvalue weighted by molar-refractivity contribution is -0.149. The molecule has 0 N–H and O–H groups in total. The molecule has 0 atom stereocenters. The van der Waals surface area contributed by atoms with E-state index >= 15 is 0 Å². The summed E-state index contributed by atoms with van der Waals surface area (Å²) < 4.78 is 5.08. The largest absolute Gasteiger partial charge is 0.466 e. The topological polar surface area (TPSA) is 59.5 Å². The Kier molecular flexibility index (Phi) is 5.73. The second-order valence-corrected chi connectivity index (χ2v) is 5.94. The highest BCUT2D eigenvalue weighted by Gasteiger charge is 2.32. The highest BCUT2D eigenvalue weighted by molar-refractivity contribution is 7.07. The molecule has 1 aromatic rings. The van der Waals surface area contributed by atoms with Crippen molar-refractivity contribution in [2.45, 2.75) is 45.6 Å². The van der Waals surface area contributed by atoms with Crippen molar-refractivity contribution < 1.29 is 14.3 Å². The first-order chi connectivity index (χ1) is 10.2. The predicted molar refractivity (Wildman–Crippen MR) is 81.2 cm³/mol. The smallest absolute Gasteiger partial charge is 0.308 e. The van der Waals surface area contributed by atoms with Crippen LogP contribution in [0.5, 0.6) is 0 Å². The monoisotopic (exact) mass is 310 g/mol. The van der Waals surface area contributed by atoms with Crippen LogP contribution in [0.15, 0.2) is 10.9 Å². The number of carbonyl (C=O) groups is 2. The number of hydrogen-bond donors (Lipinski definition) is 0. The summed E-state index contributed by atoms with van der Waals surface area (Å²) in [5.41, 5.74) is 2.20.